The van der Waals surface area contributed by atoms with Crippen LogP contribution < -0.4 is 15.4 Å². The van der Waals surface area contributed by atoms with Crippen LogP contribution in [-0.2, 0) is 4.74 Å². The lowest BCUT2D eigenvalue weighted by atomic mass is 10.1. The van der Waals surface area contributed by atoms with Gasteiger partial charge in [0, 0.05) is 30.1 Å². The number of rotatable bonds is 3. The summed E-state index contributed by atoms with van der Waals surface area (Å²) in [7, 11) is 1.22. The van der Waals surface area contributed by atoms with E-state index in [0.717, 1.165) is 10.8 Å². The second-order valence-electron chi connectivity index (χ2n) is 7.16. The Morgan fingerprint density at radius 3 is 2.84 bits per heavy atom. The fourth-order valence-electron chi connectivity index (χ4n) is 3.50. The maximum atomic E-state index is 12.5. The van der Waals surface area contributed by atoms with Crippen molar-refractivity contribution < 1.29 is 23.5 Å². The van der Waals surface area contributed by atoms with Gasteiger partial charge in [0.2, 0.25) is 23.3 Å². The zero-order valence-electron chi connectivity index (χ0n) is 16.9. The Morgan fingerprint density at radius 2 is 2.03 bits per heavy atom. The number of carbonyl (C=O) groups excluding carboxylic acids is 2. The van der Waals surface area contributed by atoms with Crippen LogP contribution in [0.2, 0.25) is 5.15 Å². The average molecular weight is 454 g/mol. The topological polar surface area (TPSA) is 128 Å². The van der Waals surface area contributed by atoms with Gasteiger partial charge in [-0.3, -0.25) is 4.79 Å². The Labute approximate surface area is 185 Å². The number of methoxy groups -OCH3 is 1. The monoisotopic (exact) mass is 453 g/mol. The van der Waals surface area contributed by atoms with E-state index < -0.39 is 5.97 Å². The van der Waals surface area contributed by atoms with E-state index in [1.54, 1.807) is 18.2 Å². The van der Waals surface area contributed by atoms with Crippen LogP contribution >= 0.6 is 11.6 Å². The highest BCUT2D eigenvalue weighted by molar-refractivity contribution is 6.29. The summed E-state index contributed by atoms with van der Waals surface area (Å²) in [6, 6.07) is 8.30. The quantitative estimate of drug-likeness (QED) is 0.353. The van der Waals surface area contributed by atoms with Crippen LogP contribution in [0.15, 0.2) is 34.7 Å². The number of nitrogens with one attached hydrogen (secondary N) is 2. The van der Waals surface area contributed by atoms with Crippen molar-refractivity contribution in [1.29, 1.82) is 0 Å². The van der Waals surface area contributed by atoms with Gasteiger partial charge < -0.3 is 24.5 Å². The van der Waals surface area contributed by atoms with E-state index in [9.17, 15) is 9.59 Å². The van der Waals surface area contributed by atoms with Crippen LogP contribution in [0.4, 0.5) is 5.69 Å². The summed E-state index contributed by atoms with van der Waals surface area (Å²) < 4.78 is 16.1. The van der Waals surface area contributed by atoms with Gasteiger partial charge in [-0.15, -0.1) is 0 Å². The second kappa shape index (κ2) is 7.65. The molecule has 1 aliphatic heterocycles. The van der Waals surface area contributed by atoms with E-state index >= 15 is 0 Å². The molecule has 1 aliphatic rings. The minimum Gasteiger partial charge on any atom is -0.463 e. The van der Waals surface area contributed by atoms with E-state index in [-0.39, 0.29) is 40.4 Å². The van der Waals surface area contributed by atoms with Gasteiger partial charge >= 0.3 is 5.97 Å². The zero-order valence-corrected chi connectivity index (χ0v) is 17.7. The number of ether oxygens (including phenoxy) is 2. The number of hydrogen-bond donors (Lipinski definition) is 2. The van der Waals surface area contributed by atoms with Crippen molar-refractivity contribution in [1.82, 2.24) is 20.3 Å². The molecule has 0 spiro atoms. The molecule has 0 saturated carbocycles. The van der Waals surface area contributed by atoms with Gasteiger partial charge in [-0.2, -0.15) is 4.98 Å². The van der Waals surface area contributed by atoms with E-state index in [4.69, 9.17) is 20.8 Å². The number of fused-ring (bicyclic) bond motifs is 5. The Bertz CT molecular complexity index is 1400. The van der Waals surface area contributed by atoms with Crippen LogP contribution in [0.1, 0.15) is 28.1 Å². The van der Waals surface area contributed by atoms with Crippen molar-refractivity contribution in [3.05, 3.63) is 47.1 Å². The summed E-state index contributed by atoms with van der Waals surface area (Å²) in [5.74, 6) is -0.714. The van der Waals surface area contributed by atoms with Crippen LogP contribution in [-0.4, -0.2) is 46.5 Å². The maximum absolute atomic E-state index is 12.5. The molecule has 11 heteroatoms. The van der Waals surface area contributed by atoms with Crippen LogP contribution in [0.3, 0.4) is 0 Å². The lowest BCUT2D eigenvalue weighted by molar-refractivity contribution is 0.0585. The largest absolute Gasteiger partial charge is 0.463 e. The molecule has 2 N–H and O–H groups in total. The summed E-state index contributed by atoms with van der Waals surface area (Å²) >= 11 is 5.96. The molecule has 0 saturated heterocycles. The number of furan rings is 1. The molecule has 1 amide bonds. The molecule has 1 aromatic carbocycles. The molecule has 1 atom stereocenters. The first kappa shape index (κ1) is 20.0. The number of pyridine rings is 1. The van der Waals surface area contributed by atoms with Crippen molar-refractivity contribution in [2.24, 2.45) is 0 Å². The molecule has 4 aromatic rings. The fraction of sp³-hybridized carbons (Fsp3) is 0.190. The summed E-state index contributed by atoms with van der Waals surface area (Å²) in [4.78, 5) is 36.5. The Balaban J connectivity index is 1.56. The van der Waals surface area contributed by atoms with E-state index in [1.807, 2.05) is 13.0 Å². The summed E-state index contributed by atoms with van der Waals surface area (Å²) in [5, 5.41) is 7.74. The van der Waals surface area contributed by atoms with Gasteiger partial charge in [-0.1, -0.05) is 11.6 Å². The van der Waals surface area contributed by atoms with E-state index in [0.29, 0.717) is 23.3 Å². The van der Waals surface area contributed by atoms with Crippen molar-refractivity contribution in [3.63, 3.8) is 0 Å². The van der Waals surface area contributed by atoms with Crippen LogP contribution in [0.5, 0.6) is 11.8 Å². The van der Waals surface area contributed by atoms with Gasteiger partial charge in [-0.25, -0.2) is 14.8 Å². The number of esters is 1. The third-order valence-corrected chi connectivity index (χ3v) is 5.11. The number of amides is 1. The van der Waals surface area contributed by atoms with E-state index in [1.165, 1.54) is 13.2 Å². The Morgan fingerprint density at radius 1 is 1.19 bits per heavy atom. The summed E-state index contributed by atoms with van der Waals surface area (Å²) in [6.07, 6.45) is 0. The molecule has 3 aromatic heterocycles. The predicted molar refractivity (Wildman–Crippen MR) is 115 cm³/mol. The molecular weight excluding hydrogens is 438 g/mol. The maximum Gasteiger partial charge on any atom is 0.376 e. The van der Waals surface area contributed by atoms with Crippen molar-refractivity contribution in [2.75, 3.05) is 19.0 Å². The molecule has 0 aliphatic carbocycles. The number of halogens is 1. The lowest BCUT2D eigenvalue weighted by Gasteiger charge is -2.10. The number of anilines is 1. The summed E-state index contributed by atoms with van der Waals surface area (Å²) in [6.45, 7) is 2.47. The average Bonchev–Trinajstić information content (AvgIpc) is 3.09. The predicted octanol–water partition coefficient (Wildman–Crippen LogP) is 3.55. The molecule has 162 valence electrons. The molecule has 10 nitrogen and oxygen atoms in total. The molecule has 0 radical (unpaired) electrons. The van der Waals surface area contributed by atoms with Crippen molar-refractivity contribution in [3.8, 4) is 11.8 Å². The molecule has 0 fully saturated rings. The lowest BCUT2D eigenvalue weighted by Crippen LogP contribution is -2.34. The SMILES string of the molecule is COC(=O)c1nc(Cl)cc(Oc2ccc3c(ccc4oc5c(c43)NC[C@@H](C)NC5=O)n2)n1. The number of aromatic nitrogens is 3. The molecule has 4 heterocycles. The highest BCUT2D eigenvalue weighted by atomic mass is 35.5. The van der Waals surface area contributed by atoms with Gasteiger partial charge in [0.1, 0.15) is 10.7 Å². The Kier molecular flexibility index (Phi) is 4.78. The number of benzene rings is 1. The number of hydrogen-bond acceptors (Lipinski definition) is 9. The van der Waals surface area contributed by atoms with Gasteiger partial charge in [0.05, 0.1) is 23.7 Å². The second-order valence-corrected chi connectivity index (χ2v) is 7.55. The number of carbonyl (C=O) groups is 2. The normalized spacial score (nSPS) is 15.6. The minimum absolute atomic E-state index is 0.0255. The first-order valence-corrected chi connectivity index (χ1v) is 10.0. The first-order chi connectivity index (χ1) is 15.4. The molecule has 0 unspecified atom stereocenters. The summed E-state index contributed by atoms with van der Waals surface area (Å²) in [5.41, 5.74) is 1.82. The highest BCUT2D eigenvalue weighted by Crippen LogP contribution is 2.37. The number of nitrogens with zero attached hydrogens (tertiary/aromatic N) is 3. The minimum atomic E-state index is -0.738. The van der Waals surface area contributed by atoms with Crippen molar-refractivity contribution in [2.45, 2.75) is 13.0 Å². The zero-order chi connectivity index (χ0) is 22.4. The van der Waals surface area contributed by atoms with Crippen LogP contribution in [0, 0.1) is 0 Å². The van der Waals surface area contributed by atoms with E-state index in [2.05, 4.69) is 30.3 Å². The molecule has 5 rings (SSSR count). The van der Waals surface area contributed by atoms with Gasteiger partial charge in [0.15, 0.2) is 0 Å². The third kappa shape index (κ3) is 3.44. The molecule has 32 heavy (non-hydrogen) atoms. The smallest absolute Gasteiger partial charge is 0.376 e. The molecule has 0 bridgehead atoms. The molecular formula is C21H16ClN5O5. The van der Waals surface area contributed by atoms with Gasteiger partial charge in [0.25, 0.3) is 5.91 Å². The third-order valence-electron chi connectivity index (χ3n) is 4.91. The van der Waals surface area contributed by atoms with Crippen LogP contribution in [0.25, 0.3) is 21.9 Å². The highest BCUT2D eigenvalue weighted by Gasteiger charge is 2.26. The van der Waals surface area contributed by atoms with Crippen molar-refractivity contribution >= 4 is 51.0 Å². The standard InChI is InChI=1S/C21H16ClN5O5/c1-9-8-23-17-16-10-3-6-14(32-15-7-13(22)26-19(27-15)21(29)30-2)25-11(10)4-5-12(16)31-18(17)20(28)24-9/h3-7,9,23H,8H2,1-2H3,(H,24,28)/t9-/m1/s1. The fourth-order valence-corrected chi connectivity index (χ4v) is 3.68. The first-order valence-electron chi connectivity index (χ1n) is 9.64. The Hall–Kier alpha value is -3.92. The van der Waals surface area contributed by atoms with Gasteiger partial charge in [-0.05, 0) is 25.1 Å².